The van der Waals surface area contributed by atoms with Gasteiger partial charge in [0, 0.05) is 30.1 Å². The van der Waals surface area contributed by atoms with E-state index in [2.05, 4.69) is 10.6 Å². The third-order valence-electron chi connectivity index (χ3n) is 4.89. The summed E-state index contributed by atoms with van der Waals surface area (Å²) >= 11 is 0. The molecule has 3 aromatic rings. The number of para-hydroxylation sites is 2. The first-order chi connectivity index (χ1) is 15.4. The van der Waals surface area contributed by atoms with Gasteiger partial charge in [0.25, 0.3) is 11.6 Å². The first-order valence-corrected chi connectivity index (χ1v) is 10.1. The van der Waals surface area contributed by atoms with Gasteiger partial charge in [0.2, 0.25) is 5.91 Å². The highest BCUT2D eigenvalue weighted by Crippen LogP contribution is 2.29. The van der Waals surface area contributed by atoms with Crippen LogP contribution in [0.2, 0.25) is 0 Å². The van der Waals surface area contributed by atoms with E-state index in [-0.39, 0.29) is 29.4 Å². The molecule has 0 unspecified atom stereocenters. The number of aryl methyl sites for hydroxylation is 1. The second-order valence-electron chi connectivity index (χ2n) is 7.20. The molecule has 0 fully saturated rings. The van der Waals surface area contributed by atoms with Gasteiger partial charge < -0.3 is 15.5 Å². The van der Waals surface area contributed by atoms with Crippen molar-refractivity contribution in [2.45, 2.75) is 13.3 Å². The van der Waals surface area contributed by atoms with Crippen molar-refractivity contribution in [2.75, 3.05) is 24.2 Å². The number of nitro groups is 1. The molecule has 2 N–H and O–H groups in total. The van der Waals surface area contributed by atoms with Gasteiger partial charge in [0.1, 0.15) is 5.69 Å². The molecule has 0 aromatic heterocycles. The van der Waals surface area contributed by atoms with Crippen LogP contribution in [0.1, 0.15) is 22.8 Å². The van der Waals surface area contributed by atoms with Crippen molar-refractivity contribution in [3.63, 3.8) is 0 Å². The van der Waals surface area contributed by atoms with E-state index < -0.39 is 10.8 Å². The summed E-state index contributed by atoms with van der Waals surface area (Å²) in [6.07, 6.45) is 0.762. The average molecular weight is 432 g/mol. The van der Waals surface area contributed by atoms with Crippen LogP contribution in [-0.4, -0.2) is 35.2 Å². The average Bonchev–Trinajstić information content (AvgIpc) is 2.79. The van der Waals surface area contributed by atoms with Crippen molar-refractivity contribution in [3.8, 4) is 0 Å². The number of nitro benzene ring substituents is 1. The molecular formula is C24H24N4O4. The molecular weight excluding hydrogens is 408 g/mol. The molecule has 0 saturated heterocycles. The predicted molar refractivity (Wildman–Crippen MR) is 124 cm³/mol. The van der Waals surface area contributed by atoms with E-state index in [0.29, 0.717) is 11.4 Å². The molecule has 3 aromatic carbocycles. The fourth-order valence-electron chi connectivity index (χ4n) is 3.25. The molecule has 8 nitrogen and oxygen atoms in total. The third-order valence-corrected chi connectivity index (χ3v) is 4.89. The maximum atomic E-state index is 12.8. The lowest BCUT2D eigenvalue weighted by Crippen LogP contribution is -2.35. The van der Waals surface area contributed by atoms with Crippen molar-refractivity contribution in [3.05, 3.63) is 94.0 Å². The molecule has 0 bridgehead atoms. The molecule has 2 amide bonds. The van der Waals surface area contributed by atoms with Crippen LogP contribution in [0.15, 0.2) is 72.8 Å². The van der Waals surface area contributed by atoms with E-state index in [4.69, 9.17) is 0 Å². The number of nitrogens with one attached hydrogen (secondary N) is 2. The lowest BCUT2D eigenvalue weighted by atomic mass is 10.1. The Hall–Kier alpha value is -4.20. The van der Waals surface area contributed by atoms with Crippen LogP contribution in [-0.2, 0) is 11.2 Å². The summed E-state index contributed by atoms with van der Waals surface area (Å²) < 4.78 is 0. The Bertz CT molecular complexity index is 1130. The number of hydrogen-bond acceptors (Lipinski definition) is 5. The lowest BCUT2D eigenvalue weighted by Gasteiger charge is -2.18. The highest BCUT2D eigenvalue weighted by atomic mass is 16.6. The number of carbonyl (C=O) groups excluding carboxylic acids is 2. The quantitative estimate of drug-likeness (QED) is 0.399. The van der Waals surface area contributed by atoms with Crippen molar-refractivity contribution in [1.29, 1.82) is 0 Å². The molecule has 0 aliphatic carbocycles. The van der Waals surface area contributed by atoms with Crippen LogP contribution in [0.4, 0.5) is 22.7 Å². The van der Waals surface area contributed by atoms with E-state index in [1.54, 1.807) is 18.2 Å². The Labute approximate surface area is 186 Å². The molecule has 0 radical (unpaired) electrons. The molecule has 3 rings (SSSR count). The topological polar surface area (TPSA) is 105 Å². The molecule has 0 aliphatic heterocycles. The molecule has 164 valence electrons. The third kappa shape index (κ3) is 5.48. The van der Waals surface area contributed by atoms with E-state index in [1.165, 1.54) is 30.1 Å². The minimum Gasteiger partial charge on any atom is -0.350 e. The zero-order chi connectivity index (χ0) is 23.1. The SMILES string of the molecule is CCc1ccccc1NC(=O)CN(C)C(=O)c1ccc(Nc2ccccc2)c([N+](=O)[O-])c1. The van der Waals surface area contributed by atoms with Crippen molar-refractivity contribution < 1.29 is 14.5 Å². The van der Waals surface area contributed by atoms with Crippen LogP contribution >= 0.6 is 0 Å². The highest BCUT2D eigenvalue weighted by Gasteiger charge is 2.21. The fraction of sp³-hybridized carbons (Fsp3) is 0.167. The maximum Gasteiger partial charge on any atom is 0.293 e. The Balaban J connectivity index is 1.72. The highest BCUT2D eigenvalue weighted by molar-refractivity contribution is 6.00. The number of anilines is 3. The summed E-state index contributed by atoms with van der Waals surface area (Å²) in [5.74, 6) is -0.836. The van der Waals surface area contributed by atoms with Crippen LogP contribution in [0.25, 0.3) is 0 Å². The standard InChI is InChI=1S/C24H24N4O4/c1-3-17-9-7-8-12-20(17)26-23(29)16-27(2)24(30)18-13-14-21(22(15-18)28(31)32)25-19-10-5-4-6-11-19/h4-15,25H,3,16H2,1-2H3,(H,26,29). The zero-order valence-electron chi connectivity index (χ0n) is 17.9. The summed E-state index contributed by atoms with van der Waals surface area (Å²) in [6, 6.07) is 20.7. The molecule has 32 heavy (non-hydrogen) atoms. The van der Waals surface area contributed by atoms with Gasteiger partial charge in [-0.25, -0.2) is 0 Å². The van der Waals surface area contributed by atoms with Crippen LogP contribution in [0.5, 0.6) is 0 Å². The van der Waals surface area contributed by atoms with Crippen LogP contribution < -0.4 is 10.6 Å². The van der Waals surface area contributed by atoms with E-state index in [1.807, 2.05) is 43.3 Å². The Morgan fingerprint density at radius 1 is 0.969 bits per heavy atom. The number of amides is 2. The summed E-state index contributed by atoms with van der Waals surface area (Å²) in [5, 5.41) is 17.4. The number of hydrogen-bond donors (Lipinski definition) is 2. The number of carbonyl (C=O) groups is 2. The van der Waals surface area contributed by atoms with Crippen LogP contribution in [0.3, 0.4) is 0 Å². The smallest absolute Gasteiger partial charge is 0.293 e. The number of nitrogens with zero attached hydrogens (tertiary/aromatic N) is 2. The number of rotatable bonds is 8. The lowest BCUT2D eigenvalue weighted by molar-refractivity contribution is -0.383. The normalized spacial score (nSPS) is 10.3. The molecule has 0 saturated carbocycles. The summed E-state index contributed by atoms with van der Waals surface area (Å²) in [4.78, 5) is 37.5. The molecule has 0 aliphatic rings. The van der Waals surface area contributed by atoms with Gasteiger partial charge in [-0.05, 0) is 42.3 Å². The first-order valence-electron chi connectivity index (χ1n) is 10.1. The largest absolute Gasteiger partial charge is 0.350 e. The Morgan fingerprint density at radius 3 is 2.34 bits per heavy atom. The fourth-order valence-corrected chi connectivity index (χ4v) is 3.25. The minimum atomic E-state index is -0.545. The van der Waals surface area contributed by atoms with E-state index in [0.717, 1.165) is 12.0 Å². The number of benzene rings is 3. The van der Waals surface area contributed by atoms with Crippen LogP contribution in [0, 0.1) is 10.1 Å². The van der Waals surface area contributed by atoms with Crippen molar-refractivity contribution in [1.82, 2.24) is 4.90 Å². The van der Waals surface area contributed by atoms with Gasteiger partial charge >= 0.3 is 0 Å². The maximum absolute atomic E-state index is 12.8. The molecule has 8 heteroatoms. The predicted octanol–water partition coefficient (Wildman–Crippen LogP) is 4.61. The van der Waals surface area contributed by atoms with Gasteiger partial charge in [-0.3, -0.25) is 19.7 Å². The first kappa shape index (κ1) is 22.5. The second kappa shape index (κ2) is 10.2. The van der Waals surface area contributed by atoms with Crippen molar-refractivity contribution >= 4 is 34.6 Å². The Morgan fingerprint density at radius 2 is 1.66 bits per heavy atom. The Kier molecular flexibility index (Phi) is 7.17. The molecule has 0 spiro atoms. The zero-order valence-corrected chi connectivity index (χ0v) is 17.9. The van der Waals surface area contributed by atoms with E-state index >= 15 is 0 Å². The molecule has 0 heterocycles. The summed E-state index contributed by atoms with van der Waals surface area (Å²) in [6.45, 7) is 1.80. The van der Waals surface area contributed by atoms with Crippen molar-refractivity contribution in [2.24, 2.45) is 0 Å². The van der Waals surface area contributed by atoms with Gasteiger partial charge in [0.15, 0.2) is 0 Å². The van der Waals surface area contributed by atoms with Gasteiger partial charge in [0.05, 0.1) is 11.5 Å². The summed E-state index contributed by atoms with van der Waals surface area (Å²) in [5.41, 5.74) is 2.55. The van der Waals surface area contributed by atoms with Gasteiger partial charge in [-0.15, -0.1) is 0 Å². The monoisotopic (exact) mass is 432 g/mol. The van der Waals surface area contributed by atoms with Gasteiger partial charge in [-0.1, -0.05) is 43.3 Å². The summed E-state index contributed by atoms with van der Waals surface area (Å²) in [7, 11) is 1.48. The number of likely N-dealkylation sites (N-methyl/N-ethyl adjacent to an activating group) is 1. The van der Waals surface area contributed by atoms with Gasteiger partial charge in [-0.2, -0.15) is 0 Å². The van der Waals surface area contributed by atoms with E-state index in [9.17, 15) is 19.7 Å². The molecule has 0 atom stereocenters. The second-order valence-corrected chi connectivity index (χ2v) is 7.20. The minimum absolute atomic E-state index is 0.125.